The number of hydrogen-bond acceptors (Lipinski definition) is 10. The van der Waals surface area contributed by atoms with Crippen molar-refractivity contribution in [2.24, 2.45) is 0 Å². The molecule has 0 fully saturated rings. The molecule has 11 nitrogen and oxygen atoms in total. The van der Waals surface area contributed by atoms with E-state index in [-0.39, 0.29) is 38.7 Å². The van der Waals surface area contributed by atoms with Crippen molar-refractivity contribution in [3.63, 3.8) is 0 Å². The summed E-state index contributed by atoms with van der Waals surface area (Å²) in [5.41, 5.74) is -0.300. The molecule has 2 N–H and O–H groups in total. The van der Waals surface area contributed by atoms with E-state index in [1.54, 1.807) is 0 Å². The molecule has 0 saturated heterocycles. The predicted octanol–water partition coefficient (Wildman–Crippen LogP) is 3.38. The van der Waals surface area contributed by atoms with Gasteiger partial charge in [-0.15, -0.1) is 0 Å². The molecule has 4 aromatic rings. The lowest BCUT2D eigenvalue weighted by atomic mass is 10.2. The zero-order valence-corrected chi connectivity index (χ0v) is 19.9. The van der Waals surface area contributed by atoms with Crippen molar-refractivity contribution in [3.05, 3.63) is 64.3 Å². The Morgan fingerprint density at radius 3 is 2.45 bits per heavy atom. The number of aromatic nitrogens is 3. The highest BCUT2D eigenvalue weighted by Crippen LogP contribution is 2.27. The van der Waals surface area contributed by atoms with Gasteiger partial charge in [0.25, 0.3) is 0 Å². The van der Waals surface area contributed by atoms with Gasteiger partial charge >= 0.3 is 17.9 Å². The highest BCUT2D eigenvalue weighted by molar-refractivity contribution is 7.90. The van der Waals surface area contributed by atoms with Crippen LogP contribution in [0.5, 0.6) is 0 Å². The fourth-order valence-corrected chi connectivity index (χ4v) is 3.97. The molecule has 0 aliphatic rings. The van der Waals surface area contributed by atoms with E-state index < -0.39 is 50.1 Å². The summed E-state index contributed by atoms with van der Waals surface area (Å²) >= 11 is 0. The first kappa shape index (κ1) is 26.5. The summed E-state index contributed by atoms with van der Waals surface area (Å²) in [4.78, 5) is 34.4. The summed E-state index contributed by atoms with van der Waals surface area (Å²) in [6, 6.07) is 5.47. The molecule has 17 heteroatoms. The molecule has 0 unspecified atom stereocenters. The lowest BCUT2D eigenvalue weighted by Crippen LogP contribution is -2.36. The van der Waals surface area contributed by atoms with Crippen LogP contribution in [0, 0.1) is 18.6 Å². The molecule has 0 spiro atoms. The van der Waals surface area contributed by atoms with Crippen LogP contribution in [0.25, 0.3) is 11.1 Å². The second-order valence-electron chi connectivity index (χ2n) is 7.74. The SMILES string of the molecule is Cc1cc(Nc2nc(Nc3ccc(F)c(S(C)(=O)=O)c3)ncc2F)cc2c1oc(=O)n2OC(=O)C(F)(F)F. The zero-order valence-electron chi connectivity index (χ0n) is 19.1. The quantitative estimate of drug-likeness (QED) is 0.337. The van der Waals surface area contributed by atoms with E-state index >= 15 is 0 Å². The zero-order chi connectivity index (χ0) is 28.0. The molecule has 2 aromatic heterocycles. The largest absolute Gasteiger partial charge is 0.493 e. The van der Waals surface area contributed by atoms with Gasteiger partial charge < -0.3 is 19.9 Å². The van der Waals surface area contributed by atoms with Crippen molar-refractivity contribution in [2.75, 3.05) is 16.9 Å². The molecular formula is C21H14F5N5O6S. The molecule has 2 heterocycles. The Bertz CT molecular complexity index is 1750. The number of anilines is 4. The standard InChI is InChI=1S/C21H14F5N5O6S/c1-9-5-11(6-14-16(9)36-20(33)31(14)37-18(32)21(24,25)26)28-17-13(23)8-27-19(30-17)29-10-3-4-12(22)15(7-10)38(2,34)35/h3-8H,1-2H3,(H2,27,28,29,30). The van der Waals surface area contributed by atoms with Gasteiger partial charge in [0.15, 0.2) is 27.1 Å². The topological polar surface area (TPSA) is 145 Å². The van der Waals surface area contributed by atoms with Gasteiger partial charge in [0.1, 0.15) is 16.2 Å². The van der Waals surface area contributed by atoms with Gasteiger partial charge in [-0.3, -0.25) is 0 Å². The lowest BCUT2D eigenvalue weighted by Gasteiger charge is -2.11. The van der Waals surface area contributed by atoms with E-state index in [1.165, 1.54) is 19.1 Å². The molecular weight excluding hydrogens is 545 g/mol. The Labute approximate surface area is 208 Å². The number of benzene rings is 2. The first-order valence-corrected chi connectivity index (χ1v) is 12.0. The van der Waals surface area contributed by atoms with Crippen LogP contribution in [0.15, 0.2) is 50.6 Å². The minimum Gasteiger partial charge on any atom is -0.405 e. The molecule has 0 atom stereocenters. The van der Waals surface area contributed by atoms with E-state index in [9.17, 15) is 40.0 Å². The van der Waals surface area contributed by atoms with Crippen molar-refractivity contribution in [1.82, 2.24) is 14.7 Å². The van der Waals surface area contributed by atoms with E-state index in [1.807, 2.05) is 0 Å². The van der Waals surface area contributed by atoms with Crippen LogP contribution in [0.1, 0.15) is 5.56 Å². The van der Waals surface area contributed by atoms with Crippen molar-refractivity contribution in [3.8, 4) is 0 Å². The highest BCUT2D eigenvalue weighted by Gasteiger charge is 2.42. The number of carbonyl (C=O) groups excluding carboxylic acids is 1. The minimum atomic E-state index is -5.39. The van der Waals surface area contributed by atoms with Crippen LogP contribution in [0.3, 0.4) is 0 Å². The third-order valence-electron chi connectivity index (χ3n) is 4.83. The fraction of sp³-hybridized carbons (Fsp3) is 0.143. The van der Waals surface area contributed by atoms with Gasteiger partial charge in [-0.05, 0) is 42.8 Å². The molecule has 200 valence electrons. The Balaban J connectivity index is 1.67. The molecule has 4 rings (SSSR count). The van der Waals surface area contributed by atoms with Crippen molar-refractivity contribution in [2.45, 2.75) is 18.0 Å². The first-order chi connectivity index (χ1) is 17.6. The van der Waals surface area contributed by atoms with Gasteiger partial charge in [0.05, 0.1) is 6.20 Å². The third-order valence-corrected chi connectivity index (χ3v) is 5.94. The van der Waals surface area contributed by atoms with Gasteiger partial charge in [0, 0.05) is 17.6 Å². The monoisotopic (exact) mass is 559 g/mol. The average Bonchev–Trinajstić information content (AvgIpc) is 3.11. The molecule has 0 bridgehead atoms. The molecule has 38 heavy (non-hydrogen) atoms. The molecule has 0 amide bonds. The smallest absolute Gasteiger partial charge is 0.405 e. The maximum Gasteiger partial charge on any atom is 0.493 e. The van der Waals surface area contributed by atoms with Gasteiger partial charge in [-0.1, -0.05) is 4.73 Å². The number of alkyl halides is 3. The molecule has 2 aromatic carbocycles. The summed E-state index contributed by atoms with van der Waals surface area (Å²) in [7, 11) is -3.90. The summed E-state index contributed by atoms with van der Waals surface area (Å²) in [6.07, 6.45) is -3.83. The Hall–Kier alpha value is -4.54. The normalized spacial score (nSPS) is 12.0. The summed E-state index contributed by atoms with van der Waals surface area (Å²) < 4.78 is 94.5. The fourth-order valence-electron chi connectivity index (χ4n) is 3.21. The Kier molecular flexibility index (Phi) is 6.56. The number of hydrogen-bond donors (Lipinski definition) is 2. The molecule has 0 aliphatic heterocycles. The maximum absolute atomic E-state index is 14.5. The minimum absolute atomic E-state index is 0.000552. The van der Waals surface area contributed by atoms with Crippen molar-refractivity contribution in [1.29, 1.82) is 0 Å². The van der Waals surface area contributed by atoms with Crippen LogP contribution in [-0.4, -0.2) is 41.5 Å². The number of oxazole rings is 1. The third kappa shape index (κ3) is 5.41. The van der Waals surface area contributed by atoms with Gasteiger partial charge in [-0.25, -0.2) is 31.8 Å². The van der Waals surface area contributed by atoms with Crippen LogP contribution < -0.4 is 21.2 Å². The van der Waals surface area contributed by atoms with E-state index in [2.05, 4.69) is 25.4 Å². The van der Waals surface area contributed by atoms with E-state index in [4.69, 9.17) is 4.42 Å². The lowest BCUT2D eigenvalue weighted by molar-refractivity contribution is -0.200. The number of halogens is 5. The van der Waals surface area contributed by atoms with Crippen molar-refractivity contribution < 1.29 is 44.4 Å². The van der Waals surface area contributed by atoms with E-state index in [0.717, 1.165) is 30.7 Å². The Morgan fingerprint density at radius 1 is 1.08 bits per heavy atom. The predicted molar refractivity (Wildman–Crippen MR) is 121 cm³/mol. The summed E-state index contributed by atoms with van der Waals surface area (Å²) in [5.74, 6) is -6.73. The molecule has 0 saturated carbocycles. The van der Waals surface area contributed by atoms with Gasteiger partial charge in [-0.2, -0.15) is 18.2 Å². The van der Waals surface area contributed by atoms with Crippen molar-refractivity contribution >= 4 is 50.0 Å². The number of rotatable bonds is 6. The Morgan fingerprint density at radius 2 is 1.79 bits per heavy atom. The molecule has 0 radical (unpaired) electrons. The number of nitrogens with zero attached hydrogens (tertiary/aromatic N) is 3. The summed E-state index contributed by atoms with van der Waals surface area (Å²) in [5, 5.41) is 5.16. The second-order valence-corrected chi connectivity index (χ2v) is 9.72. The number of nitrogens with one attached hydrogen (secondary N) is 2. The van der Waals surface area contributed by atoms with Crippen LogP contribution in [0.4, 0.5) is 45.1 Å². The molecule has 0 aliphatic carbocycles. The number of aryl methyl sites for hydroxylation is 1. The number of fused-ring (bicyclic) bond motifs is 1. The number of sulfone groups is 1. The average molecular weight is 559 g/mol. The van der Waals surface area contributed by atoms with E-state index in [0.29, 0.717) is 0 Å². The van der Waals surface area contributed by atoms with Gasteiger partial charge in [0.2, 0.25) is 5.95 Å². The summed E-state index contributed by atoms with van der Waals surface area (Å²) in [6.45, 7) is 1.42. The number of carbonyl (C=O) groups is 1. The van der Waals surface area contributed by atoms with Crippen LogP contribution in [0.2, 0.25) is 0 Å². The highest BCUT2D eigenvalue weighted by atomic mass is 32.2. The first-order valence-electron chi connectivity index (χ1n) is 10.2. The second kappa shape index (κ2) is 9.40. The van der Waals surface area contributed by atoms with Crippen LogP contribution >= 0.6 is 0 Å². The van der Waals surface area contributed by atoms with Crippen LogP contribution in [-0.2, 0) is 14.6 Å². The maximum atomic E-state index is 14.5.